The third kappa shape index (κ3) is 4.77. The molecule has 5 nitrogen and oxygen atoms in total. The SMILES string of the molecule is CCn1cc(Cc2cccn(-c3cc(N4CCC(C)(P)CC4)cc(C4CC4(F)F)c3F)c2=O)cn1. The number of nitrogens with zero attached hydrogens (tertiary/aromatic N) is 4. The average Bonchev–Trinajstić information content (AvgIpc) is 3.22. The lowest BCUT2D eigenvalue weighted by molar-refractivity contribution is 0.111. The molecule has 2 unspecified atom stereocenters. The number of rotatable bonds is 6. The van der Waals surface area contributed by atoms with Crippen LogP contribution in [0.1, 0.15) is 55.7 Å². The first-order valence-electron chi connectivity index (χ1n) is 12.1. The molecule has 1 aliphatic heterocycles. The van der Waals surface area contributed by atoms with Crippen molar-refractivity contribution in [3.8, 4) is 5.69 Å². The third-order valence-electron chi connectivity index (χ3n) is 7.23. The molecule has 5 rings (SSSR count). The second kappa shape index (κ2) is 8.81. The molecule has 0 amide bonds. The van der Waals surface area contributed by atoms with Gasteiger partial charge in [-0.3, -0.25) is 14.0 Å². The normalized spacial score (nSPS) is 20.7. The highest BCUT2D eigenvalue weighted by Crippen LogP contribution is 2.57. The van der Waals surface area contributed by atoms with Crippen LogP contribution in [0.15, 0.2) is 47.7 Å². The fourth-order valence-corrected chi connectivity index (χ4v) is 5.07. The Balaban J connectivity index is 1.56. The molecule has 1 aliphatic carbocycles. The molecule has 0 N–H and O–H groups in total. The molecule has 2 aliphatic rings. The maximum absolute atomic E-state index is 15.7. The summed E-state index contributed by atoms with van der Waals surface area (Å²) in [6.45, 7) is 6.35. The Kier molecular flexibility index (Phi) is 6.07. The summed E-state index contributed by atoms with van der Waals surface area (Å²) in [5, 5.41) is 4.38. The van der Waals surface area contributed by atoms with Crippen LogP contribution in [0.4, 0.5) is 18.9 Å². The van der Waals surface area contributed by atoms with Crippen molar-refractivity contribution < 1.29 is 13.2 Å². The Morgan fingerprint density at radius 3 is 2.57 bits per heavy atom. The standard InChI is InChI=1S/C26H30F3N4OP/c1-3-32-16-17(15-30-32)11-18-5-4-8-33(24(18)34)22-13-19(31-9-6-25(2,35)7-10-31)12-20(23(22)27)21-14-26(21,28)29/h4-5,8,12-13,15-16,21H,3,6-7,9-11,14,35H2,1-2H3. The molecule has 3 aromatic rings. The van der Waals surface area contributed by atoms with Crippen LogP contribution in [0.2, 0.25) is 0 Å². The molecule has 3 heterocycles. The molecular formula is C26H30F3N4OP. The topological polar surface area (TPSA) is 43.1 Å². The molecule has 9 heteroatoms. The number of hydrogen-bond donors (Lipinski definition) is 0. The molecule has 35 heavy (non-hydrogen) atoms. The van der Waals surface area contributed by atoms with E-state index in [0.717, 1.165) is 38.0 Å². The zero-order valence-corrected chi connectivity index (χ0v) is 21.1. The molecule has 2 atom stereocenters. The van der Waals surface area contributed by atoms with E-state index in [1.54, 1.807) is 35.1 Å². The van der Waals surface area contributed by atoms with Crippen LogP contribution in [-0.4, -0.2) is 38.5 Å². The van der Waals surface area contributed by atoms with Crippen LogP contribution in [0, 0.1) is 5.82 Å². The van der Waals surface area contributed by atoms with Gasteiger partial charge in [0.2, 0.25) is 0 Å². The number of hydrogen-bond acceptors (Lipinski definition) is 3. The van der Waals surface area contributed by atoms with Crippen molar-refractivity contribution in [3.63, 3.8) is 0 Å². The largest absolute Gasteiger partial charge is 0.371 e. The molecule has 0 bridgehead atoms. The Labute approximate surface area is 205 Å². The van der Waals surface area contributed by atoms with Gasteiger partial charge in [-0.05, 0) is 48.7 Å². The van der Waals surface area contributed by atoms with Gasteiger partial charge >= 0.3 is 0 Å². The lowest BCUT2D eigenvalue weighted by Gasteiger charge is -2.38. The van der Waals surface area contributed by atoms with Crippen LogP contribution < -0.4 is 10.5 Å². The molecule has 1 saturated heterocycles. The summed E-state index contributed by atoms with van der Waals surface area (Å²) >= 11 is 0. The van der Waals surface area contributed by atoms with E-state index in [9.17, 15) is 13.6 Å². The second-order valence-corrected chi connectivity index (χ2v) is 11.5. The van der Waals surface area contributed by atoms with Crippen molar-refractivity contribution in [2.75, 3.05) is 18.0 Å². The van der Waals surface area contributed by atoms with E-state index in [1.807, 2.05) is 13.1 Å². The molecule has 1 saturated carbocycles. The third-order valence-corrected chi connectivity index (χ3v) is 7.81. The van der Waals surface area contributed by atoms with Crippen LogP contribution in [0.3, 0.4) is 0 Å². The van der Waals surface area contributed by atoms with Gasteiger partial charge < -0.3 is 4.90 Å². The van der Waals surface area contributed by atoms with E-state index >= 15 is 4.39 Å². The highest BCUT2D eigenvalue weighted by atomic mass is 31.0. The van der Waals surface area contributed by atoms with Crippen LogP contribution in [-0.2, 0) is 13.0 Å². The smallest absolute Gasteiger partial charge is 0.258 e. The van der Waals surface area contributed by atoms with Crippen LogP contribution >= 0.6 is 9.24 Å². The number of aromatic nitrogens is 3. The first kappa shape index (κ1) is 24.1. The zero-order valence-electron chi connectivity index (χ0n) is 20.0. The fourth-order valence-electron chi connectivity index (χ4n) is 4.81. The number of aryl methyl sites for hydroxylation is 1. The molecule has 0 radical (unpaired) electrons. The minimum absolute atomic E-state index is 0.0109. The Morgan fingerprint density at radius 1 is 1.23 bits per heavy atom. The molecule has 2 aromatic heterocycles. The molecule has 1 aromatic carbocycles. The summed E-state index contributed by atoms with van der Waals surface area (Å²) in [7, 11) is 2.89. The summed E-state index contributed by atoms with van der Waals surface area (Å²) in [4.78, 5) is 15.5. The van der Waals surface area contributed by atoms with E-state index in [1.165, 1.54) is 10.8 Å². The highest BCUT2D eigenvalue weighted by Gasteiger charge is 2.58. The maximum atomic E-state index is 15.7. The monoisotopic (exact) mass is 502 g/mol. The zero-order chi connectivity index (χ0) is 25.0. The average molecular weight is 503 g/mol. The van der Waals surface area contributed by atoms with Gasteiger partial charge in [0.1, 0.15) is 0 Å². The van der Waals surface area contributed by atoms with E-state index in [4.69, 9.17) is 0 Å². The highest BCUT2D eigenvalue weighted by molar-refractivity contribution is 7.18. The van der Waals surface area contributed by atoms with Gasteiger partial charge in [0.25, 0.3) is 11.5 Å². The summed E-state index contributed by atoms with van der Waals surface area (Å²) in [5.74, 6) is -4.82. The minimum atomic E-state index is -2.91. The number of halogens is 3. The Morgan fingerprint density at radius 2 is 1.94 bits per heavy atom. The lowest BCUT2D eigenvalue weighted by Crippen LogP contribution is -2.39. The van der Waals surface area contributed by atoms with Crippen molar-refractivity contribution >= 4 is 14.9 Å². The molecular weight excluding hydrogens is 472 g/mol. The second-order valence-electron chi connectivity index (χ2n) is 10.1. The molecule has 0 spiro atoms. The van der Waals surface area contributed by atoms with E-state index in [-0.39, 0.29) is 28.4 Å². The van der Waals surface area contributed by atoms with Gasteiger partial charge in [-0.2, -0.15) is 5.10 Å². The summed E-state index contributed by atoms with van der Waals surface area (Å²) in [5.41, 5.74) is 1.70. The van der Waals surface area contributed by atoms with Gasteiger partial charge in [-0.15, -0.1) is 9.24 Å². The van der Waals surface area contributed by atoms with Gasteiger partial charge in [-0.1, -0.05) is 13.0 Å². The summed E-state index contributed by atoms with van der Waals surface area (Å²) in [6, 6.07) is 6.60. The van der Waals surface area contributed by atoms with Gasteiger partial charge in [-0.25, -0.2) is 13.2 Å². The number of anilines is 1. The first-order chi connectivity index (χ1) is 16.6. The maximum Gasteiger partial charge on any atom is 0.258 e. The summed E-state index contributed by atoms with van der Waals surface area (Å²) in [6.07, 6.45) is 6.92. The van der Waals surface area contributed by atoms with Crippen molar-refractivity contribution in [2.45, 2.75) is 63.1 Å². The number of alkyl halides is 2. The van der Waals surface area contributed by atoms with Gasteiger partial charge in [0, 0.05) is 61.7 Å². The van der Waals surface area contributed by atoms with Crippen molar-refractivity contribution in [3.05, 3.63) is 75.7 Å². The van der Waals surface area contributed by atoms with Crippen molar-refractivity contribution in [1.82, 2.24) is 14.3 Å². The minimum Gasteiger partial charge on any atom is -0.371 e. The lowest BCUT2D eigenvalue weighted by atomic mass is 9.96. The predicted molar refractivity (Wildman–Crippen MR) is 135 cm³/mol. The van der Waals surface area contributed by atoms with Crippen LogP contribution in [0.25, 0.3) is 5.69 Å². The van der Waals surface area contributed by atoms with E-state index in [2.05, 4.69) is 26.2 Å². The van der Waals surface area contributed by atoms with Crippen LogP contribution in [0.5, 0.6) is 0 Å². The number of pyridine rings is 1. The Hall–Kier alpha value is -2.60. The van der Waals surface area contributed by atoms with Crippen molar-refractivity contribution in [2.24, 2.45) is 0 Å². The number of benzene rings is 1. The van der Waals surface area contributed by atoms with E-state index in [0.29, 0.717) is 17.7 Å². The first-order valence-corrected chi connectivity index (χ1v) is 12.6. The molecule has 2 fully saturated rings. The van der Waals surface area contributed by atoms with Gasteiger partial charge in [0.15, 0.2) is 5.82 Å². The number of piperidine rings is 1. The van der Waals surface area contributed by atoms with E-state index < -0.39 is 17.7 Å². The summed E-state index contributed by atoms with van der Waals surface area (Å²) < 4.78 is 46.8. The quantitative estimate of drug-likeness (QED) is 0.439. The molecule has 186 valence electrons. The van der Waals surface area contributed by atoms with Crippen molar-refractivity contribution in [1.29, 1.82) is 0 Å². The fraction of sp³-hybridized carbons (Fsp3) is 0.462. The Bertz CT molecular complexity index is 1310. The predicted octanol–water partition coefficient (Wildman–Crippen LogP) is 5.14. The van der Waals surface area contributed by atoms with Gasteiger partial charge in [0.05, 0.1) is 17.8 Å².